The normalized spacial score (nSPS) is 25.7. The third kappa shape index (κ3) is 1.86. The second-order valence-corrected chi connectivity index (χ2v) is 3.64. The fourth-order valence-electron chi connectivity index (χ4n) is 2.10. The van der Waals surface area contributed by atoms with E-state index < -0.39 is 0 Å². The van der Waals surface area contributed by atoms with Crippen LogP contribution in [0.15, 0.2) is 0 Å². The van der Waals surface area contributed by atoms with Crippen molar-refractivity contribution in [2.24, 2.45) is 5.41 Å². The van der Waals surface area contributed by atoms with Gasteiger partial charge in [0, 0.05) is 12.8 Å². The summed E-state index contributed by atoms with van der Waals surface area (Å²) in [7, 11) is 0. The number of nitrogens with one attached hydrogen (secondary N) is 1. The molecule has 2 fully saturated rings. The molecular weight excluding hydrogens is 150 g/mol. The quantitative estimate of drug-likeness (QED) is 0.598. The number of ketones is 1. The summed E-state index contributed by atoms with van der Waals surface area (Å²) in [5.41, 5.74) is 0.461. The van der Waals surface area contributed by atoms with Crippen LogP contribution in [0.25, 0.3) is 0 Å². The molecule has 1 aliphatic heterocycles. The molecule has 0 amide bonds. The molecule has 2 heteroatoms. The van der Waals surface area contributed by atoms with Crippen molar-refractivity contribution in [2.75, 3.05) is 13.1 Å². The standard InChI is InChI=1S/C8H13NO.C2H6/c10-7-5-8(6-7)1-3-9-4-2-8;1-2/h9H,1-6H2;1-2H3. The van der Waals surface area contributed by atoms with Crippen molar-refractivity contribution >= 4 is 5.78 Å². The maximum atomic E-state index is 10.8. The van der Waals surface area contributed by atoms with Gasteiger partial charge in [-0.15, -0.1) is 0 Å². The first-order valence-electron chi connectivity index (χ1n) is 5.03. The minimum Gasteiger partial charge on any atom is -0.317 e. The molecule has 1 N–H and O–H groups in total. The SMILES string of the molecule is CC.O=C1CC2(CCNCC2)C1. The van der Waals surface area contributed by atoms with Gasteiger partial charge in [0.15, 0.2) is 0 Å². The van der Waals surface area contributed by atoms with E-state index in [0.29, 0.717) is 11.2 Å². The first kappa shape index (κ1) is 9.72. The van der Waals surface area contributed by atoms with Crippen molar-refractivity contribution in [3.05, 3.63) is 0 Å². The highest BCUT2D eigenvalue weighted by Crippen LogP contribution is 2.45. The highest BCUT2D eigenvalue weighted by Gasteiger charge is 2.43. The van der Waals surface area contributed by atoms with Gasteiger partial charge in [0.25, 0.3) is 0 Å². The highest BCUT2D eigenvalue weighted by atomic mass is 16.1. The van der Waals surface area contributed by atoms with Crippen molar-refractivity contribution < 1.29 is 4.79 Å². The van der Waals surface area contributed by atoms with E-state index in [4.69, 9.17) is 0 Å². The topological polar surface area (TPSA) is 29.1 Å². The number of carbonyl (C=O) groups excluding carboxylic acids is 1. The fraction of sp³-hybridized carbons (Fsp3) is 0.900. The van der Waals surface area contributed by atoms with Crippen LogP contribution in [0, 0.1) is 5.41 Å². The van der Waals surface area contributed by atoms with E-state index in [0.717, 1.165) is 25.9 Å². The van der Waals surface area contributed by atoms with Gasteiger partial charge in [0.2, 0.25) is 0 Å². The predicted molar refractivity (Wildman–Crippen MR) is 50.1 cm³/mol. The van der Waals surface area contributed by atoms with Crippen LogP contribution in [0.5, 0.6) is 0 Å². The molecule has 1 saturated heterocycles. The zero-order valence-electron chi connectivity index (χ0n) is 8.15. The van der Waals surface area contributed by atoms with E-state index >= 15 is 0 Å². The Morgan fingerprint density at radius 3 is 2.08 bits per heavy atom. The predicted octanol–water partition coefficient (Wildman–Crippen LogP) is 1.75. The van der Waals surface area contributed by atoms with Crippen LogP contribution in [-0.2, 0) is 4.79 Å². The van der Waals surface area contributed by atoms with E-state index in [1.165, 1.54) is 12.8 Å². The Kier molecular flexibility index (Phi) is 3.27. The largest absolute Gasteiger partial charge is 0.317 e. The molecule has 1 heterocycles. The molecule has 70 valence electrons. The number of rotatable bonds is 0. The first-order chi connectivity index (χ1) is 5.81. The van der Waals surface area contributed by atoms with Crippen LogP contribution >= 0.6 is 0 Å². The van der Waals surface area contributed by atoms with E-state index in [1.54, 1.807) is 0 Å². The average molecular weight is 169 g/mol. The molecular formula is C10H19NO. The molecule has 1 saturated carbocycles. The van der Waals surface area contributed by atoms with Crippen LogP contribution in [0.4, 0.5) is 0 Å². The van der Waals surface area contributed by atoms with E-state index in [9.17, 15) is 4.79 Å². The van der Waals surface area contributed by atoms with E-state index in [2.05, 4.69) is 5.32 Å². The zero-order valence-corrected chi connectivity index (χ0v) is 8.15. The molecule has 0 atom stereocenters. The Hall–Kier alpha value is -0.370. The Labute approximate surface area is 74.7 Å². The van der Waals surface area contributed by atoms with Crippen LogP contribution in [0.3, 0.4) is 0 Å². The summed E-state index contributed by atoms with van der Waals surface area (Å²) >= 11 is 0. The molecule has 0 aromatic rings. The van der Waals surface area contributed by atoms with Gasteiger partial charge in [-0.2, -0.15) is 0 Å². The smallest absolute Gasteiger partial charge is 0.134 e. The van der Waals surface area contributed by atoms with Crippen molar-refractivity contribution in [1.29, 1.82) is 0 Å². The first-order valence-corrected chi connectivity index (χ1v) is 5.03. The fourth-order valence-corrected chi connectivity index (χ4v) is 2.10. The van der Waals surface area contributed by atoms with Crippen LogP contribution in [0.2, 0.25) is 0 Å². The zero-order chi connectivity index (χ0) is 9.03. The van der Waals surface area contributed by atoms with Gasteiger partial charge in [-0.25, -0.2) is 0 Å². The summed E-state index contributed by atoms with van der Waals surface area (Å²) < 4.78 is 0. The molecule has 2 rings (SSSR count). The number of hydrogen-bond donors (Lipinski definition) is 1. The summed E-state index contributed by atoms with van der Waals surface area (Å²) in [6.45, 7) is 6.24. The Morgan fingerprint density at radius 1 is 1.17 bits per heavy atom. The molecule has 1 spiro atoms. The van der Waals surface area contributed by atoms with Crippen molar-refractivity contribution in [3.63, 3.8) is 0 Å². The summed E-state index contributed by atoms with van der Waals surface area (Å²) in [5, 5.41) is 3.31. The molecule has 2 nitrogen and oxygen atoms in total. The van der Waals surface area contributed by atoms with Gasteiger partial charge in [-0.1, -0.05) is 13.8 Å². The van der Waals surface area contributed by atoms with Crippen LogP contribution in [0.1, 0.15) is 39.5 Å². The lowest BCUT2D eigenvalue weighted by atomic mass is 9.63. The van der Waals surface area contributed by atoms with Gasteiger partial charge in [-0.05, 0) is 31.3 Å². The van der Waals surface area contributed by atoms with Crippen molar-refractivity contribution in [2.45, 2.75) is 39.5 Å². The third-order valence-corrected chi connectivity index (χ3v) is 2.81. The van der Waals surface area contributed by atoms with Gasteiger partial charge in [0.1, 0.15) is 5.78 Å². The van der Waals surface area contributed by atoms with Crippen molar-refractivity contribution in [3.8, 4) is 0 Å². The lowest BCUT2D eigenvalue weighted by Crippen LogP contribution is -2.45. The lowest BCUT2D eigenvalue weighted by molar-refractivity contribution is -0.134. The minimum atomic E-state index is 0.461. The Bertz CT molecular complexity index is 149. The lowest BCUT2D eigenvalue weighted by Gasteiger charge is -2.43. The van der Waals surface area contributed by atoms with Crippen LogP contribution < -0.4 is 5.32 Å². The summed E-state index contributed by atoms with van der Waals surface area (Å²) in [4.78, 5) is 10.8. The summed E-state index contributed by atoms with van der Waals surface area (Å²) in [6.07, 6.45) is 4.18. The monoisotopic (exact) mass is 169 g/mol. The molecule has 2 aliphatic rings. The maximum absolute atomic E-state index is 10.8. The second kappa shape index (κ2) is 4.04. The molecule has 12 heavy (non-hydrogen) atoms. The Morgan fingerprint density at radius 2 is 1.67 bits per heavy atom. The molecule has 0 radical (unpaired) electrons. The van der Waals surface area contributed by atoms with E-state index in [1.807, 2.05) is 13.8 Å². The minimum absolute atomic E-state index is 0.461. The second-order valence-electron chi connectivity index (χ2n) is 3.64. The highest BCUT2D eigenvalue weighted by molar-refractivity contribution is 5.86. The number of Topliss-reactive ketones (excluding diaryl/α,β-unsaturated/α-hetero) is 1. The van der Waals surface area contributed by atoms with Gasteiger partial charge in [-0.3, -0.25) is 4.79 Å². The average Bonchev–Trinajstić information content (AvgIpc) is 2.08. The molecule has 0 unspecified atom stereocenters. The summed E-state index contributed by atoms with van der Waals surface area (Å²) in [5.74, 6) is 0.474. The maximum Gasteiger partial charge on any atom is 0.134 e. The molecule has 0 aromatic heterocycles. The van der Waals surface area contributed by atoms with E-state index in [-0.39, 0.29) is 0 Å². The third-order valence-electron chi connectivity index (χ3n) is 2.81. The molecule has 0 aromatic carbocycles. The number of hydrogen-bond acceptors (Lipinski definition) is 2. The van der Waals surface area contributed by atoms with Gasteiger partial charge in [0.05, 0.1) is 0 Å². The van der Waals surface area contributed by atoms with Crippen molar-refractivity contribution in [1.82, 2.24) is 5.32 Å². The van der Waals surface area contributed by atoms with Gasteiger partial charge >= 0.3 is 0 Å². The number of piperidine rings is 1. The van der Waals surface area contributed by atoms with Crippen LogP contribution in [-0.4, -0.2) is 18.9 Å². The summed E-state index contributed by atoms with van der Waals surface area (Å²) in [6, 6.07) is 0. The molecule has 0 bridgehead atoms. The number of carbonyl (C=O) groups is 1. The van der Waals surface area contributed by atoms with Gasteiger partial charge < -0.3 is 5.32 Å². The molecule has 1 aliphatic carbocycles. The Balaban J connectivity index is 0.000000336.